The number of hydrogen-bond acceptors (Lipinski definition) is 4. The number of hydrogen-bond donors (Lipinski definition) is 2. The Bertz CT molecular complexity index is 1220. The highest BCUT2D eigenvalue weighted by atomic mass is 79.9. The lowest BCUT2D eigenvalue weighted by Crippen LogP contribution is -2.56. The van der Waals surface area contributed by atoms with E-state index in [0.29, 0.717) is 0 Å². The number of carbonyl (C=O) groups is 3. The molecule has 1 aliphatic heterocycles. The molecule has 35 heavy (non-hydrogen) atoms. The van der Waals surface area contributed by atoms with Crippen molar-refractivity contribution in [3.63, 3.8) is 0 Å². The fourth-order valence-electron chi connectivity index (χ4n) is 4.12. The molecule has 0 unspecified atom stereocenters. The van der Waals surface area contributed by atoms with Crippen molar-refractivity contribution in [3.8, 4) is 0 Å². The molecule has 0 bridgehead atoms. The van der Waals surface area contributed by atoms with E-state index in [2.05, 4.69) is 21.2 Å². The number of fused-ring (bicyclic) bond motifs is 1. The molecular weight excluding hydrogens is 512 g/mol. The molecule has 2 N–H and O–H groups in total. The zero-order valence-corrected chi connectivity index (χ0v) is 20.5. The van der Waals surface area contributed by atoms with Gasteiger partial charge in [-0.1, -0.05) is 82.7 Å². The number of carboxylic acid groups (broad SMARTS) is 1. The van der Waals surface area contributed by atoms with E-state index >= 15 is 0 Å². The lowest BCUT2D eigenvalue weighted by Gasteiger charge is -2.35. The first-order valence-corrected chi connectivity index (χ1v) is 12.0. The predicted molar refractivity (Wildman–Crippen MR) is 134 cm³/mol. The van der Waals surface area contributed by atoms with Crippen LogP contribution in [0.25, 0.3) is 0 Å². The second kappa shape index (κ2) is 11.2. The van der Waals surface area contributed by atoms with Crippen LogP contribution in [0.5, 0.6) is 0 Å². The molecule has 180 valence electrons. The maximum absolute atomic E-state index is 13.3. The Morgan fingerprint density at radius 2 is 1.66 bits per heavy atom. The zero-order chi connectivity index (χ0) is 24.8. The zero-order valence-electron chi connectivity index (χ0n) is 18.9. The van der Waals surface area contributed by atoms with Crippen LogP contribution in [0.15, 0.2) is 83.3 Å². The average molecular weight is 537 g/mol. The summed E-state index contributed by atoms with van der Waals surface area (Å²) in [7, 11) is 0. The Hall–Kier alpha value is -3.65. The minimum Gasteiger partial charge on any atom is -0.480 e. The van der Waals surface area contributed by atoms with Gasteiger partial charge in [0.15, 0.2) is 0 Å². The lowest BCUT2D eigenvalue weighted by molar-refractivity contribution is -0.142. The van der Waals surface area contributed by atoms with Crippen molar-refractivity contribution >= 4 is 33.9 Å². The average Bonchev–Trinajstić information content (AvgIpc) is 2.86. The van der Waals surface area contributed by atoms with Crippen LogP contribution in [-0.4, -0.2) is 40.1 Å². The molecule has 0 saturated heterocycles. The third-order valence-corrected chi connectivity index (χ3v) is 6.43. The Kier molecular flexibility index (Phi) is 7.82. The quantitative estimate of drug-likeness (QED) is 0.468. The number of ether oxygens (including phenoxy) is 1. The molecule has 0 fully saturated rings. The van der Waals surface area contributed by atoms with E-state index in [4.69, 9.17) is 4.74 Å². The van der Waals surface area contributed by atoms with Gasteiger partial charge in [0.05, 0.1) is 6.54 Å². The molecule has 8 heteroatoms. The molecule has 0 spiro atoms. The molecule has 2 amide bonds. The van der Waals surface area contributed by atoms with Crippen LogP contribution in [0.4, 0.5) is 4.79 Å². The summed E-state index contributed by atoms with van der Waals surface area (Å²) >= 11 is 3.38. The van der Waals surface area contributed by atoms with Gasteiger partial charge in [0.1, 0.15) is 18.7 Å². The van der Waals surface area contributed by atoms with Crippen molar-refractivity contribution in [1.82, 2.24) is 10.2 Å². The Morgan fingerprint density at radius 1 is 0.971 bits per heavy atom. The van der Waals surface area contributed by atoms with Gasteiger partial charge in [0.2, 0.25) is 5.91 Å². The molecule has 2 atom stereocenters. The normalized spacial score (nSPS) is 15.6. The maximum atomic E-state index is 13.3. The molecule has 7 nitrogen and oxygen atoms in total. The second-order valence-electron chi connectivity index (χ2n) is 8.39. The molecule has 4 rings (SSSR count). The number of amides is 2. The fraction of sp³-hybridized carbons (Fsp3) is 0.222. The summed E-state index contributed by atoms with van der Waals surface area (Å²) < 4.78 is 6.33. The first-order chi connectivity index (χ1) is 16.9. The predicted octanol–water partition coefficient (Wildman–Crippen LogP) is 4.32. The van der Waals surface area contributed by atoms with E-state index < -0.39 is 30.1 Å². The SMILES string of the molecule is O=C(O)[C@@H](Cc1cccc(Br)c1)NC(=O)[C@@H]1Cc2ccccc2CN1C(=O)OCc1ccccc1. The maximum Gasteiger partial charge on any atom is 0.411 e. The smallest absolute Gasteiger partial charge is 0.411 e. The van der Waals surface area contributed by atoms with Crippen molar-refractivity contribution in [2.45, 2.75) is 38.1 Å². The largest absolute Gasteiger partial charge is 0.480 e. The summed E-state index contributed by atoms with van der Waals surface area (Å²) in [4.78, 5) is 39.7. The van der Waals surface area contributed by atoms with Crippen LogP contribution < -0.4 is 5.32 Å². The van der Waals surface area contributed by atoms with Crippen molar-refractivity contribution in [3.05, 3.63) is 106 Å². The number of nitrogens with zero attached hydrogens (tertiary/aromatic N) is 1. The van der Waals surface area contributed by atoms with E-state index in [-0.39, 0.29) is 26.0 Å². The van der Waals surface area contributed by atoms with Crippen molar-refractivity contribution in [2.24, 2.45) is 0 Å². The minimum absolute atomic E-state index is 0.0762. The Balaban J connectivity index is 1.52. The number of nitrogens with one attached hydrogen (secondary N) is 1. The van der Waals surface area contributed by atoms with Gasteiger partial charge in [-0.25, -0.2) is 9.59 Å². The molecule has 0 radical (unpaired) electrons. The van der Waals surface area contributed by atoms with Crippen molar-refractivity contribution in [2.75, 3.05) is 0 Å². The van der Waals surface area contributed by atoms with Crippen LogP contribution in [0.3, 0.4) is 0 Å². The highest BCUT2D eigenvalue weighted by molar-refractivity contribution is 9.10. The number of carbonyl (C=O) groups excluding carboxylic acids is 2. The first-order valence-electron chi connectivity index (χ1n) is 11.2. The van der Waals surface area contributed by atoms with E-state index in [0.717, 1.165) is 26.7 Å². The van der Waals surface area contributed by atoms with Crippen LogP contribution >= 0.6 is 15.9 Å². The third kappa shape index (κ3) is 6.27. The molecule has 0 saturated carbocycles. The highest BCUT2D eigenvalue weighted by Gasteiger charge is 2.37. The van der Waals surface area contributed by atoms with Gasteiger partial charge in [0.25, 0.3) is 0 Å². The number of aliphatic carboxylic acids is 1. The molecule has 0 aliphatic carbocycles. The van der Waals surface area contributed by atoms with Crippen molar-refractivity contribution < 1.29 is 24.2 Å². The standard InChI is InChI=1S/C27H25BrN2O5/c28-22-12-6-9-19(13-22)14-23(26(32)33)29-25(31)24-15-20-10-4-5-11-21(20)16-30(24)27(34)35-17-18-7-2-1-3-8-18/h1-13,23-24H,14-17H2,(H,29,31)(H,32,33)/t23-,24+/m1/s1. The van der Waals surface area contributed by atoms with Gasteiger partial charge in [-0.3, -0.25) is 9.69 Å². The van der Waals surface area contributed by atoms with Gasteiger partial charge in [-0.05, 0) is 34.4 Å². The van der Waals surface area contributed by atoms with E-state index in [1.165, 1.54) is 4.90 Å². The molecule has 1 heterocycles. The van der Waals surface area contributed by atoms with Gasteiger partial charge in [-0.2, -0.15) is 0 Å². The molecule has 0 aromatic heterocycles. The number of benzene rings is 3. The van der Waals surface area contributed by atoms with Crippen molar-refractivity contribution in [1.29, 1.82) is 0 Å². The van der Waals surface area contributed by atoms with Crippen LogP contribution in [-0.2, 0) is 40.3 Å². The summed E-state index contributed by atoms with van der Waals surface area (Å²) in [6, 6.07) is 22.1. The fourth-order valence-corrected chi connectivity index (χ4v) is 4.57. The lowest BCUT2D eigenvalue weighted by atomic mass is 9.93. The number of carboxylic acids is 1. The summed E-state index contributed by atoms with van der Waals surface area (Å²) in [5.41, 5.74) is 3.47. The van der Waals surface area contributed by atoms with Gasteiger partial charge < -0.3 is 15.2 Å². The van der Waals surface area contributed by atoms with E-state index in [1.807, 2.05) is 72.8 Å². The monoisotopic (exact) mass is 536 g/mol. The minimum atomic E-state index is -1.15. The van der Waals surface area contributed by atoms with Gasteiger partial charge in [0, 0.05) is 17.3 Å². The molecule has 1 aliphatic rings. The molecule has 3 aromatic rings. The van der Waals surface area contributed by atoms with Gasteiger partial charge >= 0.3 is 12.1 Å². The van der Waals surface area contributed by atoms with Crippen LogP contribution in [0.2, 0.25) is 0 Å². The van der Waals surface area contributed by atoms with Crippen LogP contribution in [0, 0.1) is 0 Å². The van der Waals surface area contributed by atoms with Crippen LogP contribution in [0.1, 0.15) is 22.3 Å². The Morgan fingerprint density at radius 3 is 2.37 bits per heavy atom. The summed E-state index contributed by atoms with van der Waals surface area (Å²) in [6.45, 7) is 0.276. The third-order valence-electron chi connectivity index (χ3n) is 5.93. The summed E-state index contributed by atoms with van der Waals surface area (Å²) in [5, 5.41) is 12.4. The first kappa shape index (κ1) is 24.5. The molecular formula is C27H25BrN2O5. The summed E-state index contributed by atoms with van der Waals surface area (Å²) in [5.74, 6) is -1.67. The van der Waals surface area contributed by atoms with E-state index in [1.54, 1.807) is 6.07 Å². The topological polar surface area (TPSA) is 95.9 Å². The van der Waals surface area contributed by atoms with Gasteiger partial charge in [-0.15, -0.1) is 0 Å². The van der Waals surface area contributed by atoms with E-state index in [9.17, 15) is 19.5 Å². The summed E-state index contributed by atoms with van der Waals surface area (Å²) in [6.07, 6.45) is -0.240. The Labute approximate surface area is 211 Å². The highest BCUT2D eigenvalue weighted by Crippen LogP contribution is 2.25. The molecule has 3 aromatic carbocycles. The number of halogens is 1. The second-order valence-corrected chi connectivity index (χ2v) is 9.31. The number of rotatable bonds is 7.